The molecule has 0 unspecified atom stereocenters. The molecule has 0 fully saturated rings. The lowest BCUT2D eigenvalue weighted by Crippen LogP contribution is -2.31. The number of carbonyl (C=O) groups is 1. The van der Waals surface area contributed by atoms with Crippen LogP contribution < -0.4 is 5.43 Å². The van der Waals surface area contributed by atoms with Gasteiger partial charge in [-0.2, -0.15) is 0 Å². The van der Waals surface area contributed by atoms with Crippen molar-refractivity contribution in [3.05, 3.63) is 80.3 Å². The summed E-state index contributed by atoms with van der Waals surface area (Å²) in [6, 6.07) is 15.1. The minimum Gasteiger partial charge on any atom is -0.450 e. The van der Waals surface area contributed by atoms with E-state index in [4.69, 9.17) is 4.42 Å². The lowest BCUT2D eigenvalue weighted by Gasteiger charge is -2.24. The third kappa shape index (κ3) is 2.95. The topological polar surface area (TPSA) is 53.8 Å². The van der Waals surface area contributed by atoms with E-state index in [-0.39, 0.29) is 23.1 Å². The lowest BCUT2D eigenvalue weighted by molar-refractivity contribution is 0.0724. The normalized spacial score (nSPS) is 16.2. The van der Waals surface area contributed by atoms with Crippen molar-refractivity contribution in [3.8, 4) is 0 Å². The molecule has 1 aliphatic rings. The minimum atomic E-state index is -0.387. The van der Waals surface area contributed by atoms with Gasteiger partial charge in [0.1, 0.15) is 5.58 Å². The van der Waals surface area contributed by atoms with E-state index >= 15 is 0 Å². The molecule has 1 aliphatic heterocycles. The molecule has 0 spiro atoms. The first kappa shape index (κ1) is 19.0. The molecule has 2 aromatic carbocycles. The number of rotatable bonds is 5. The first-order valence-corrected chi connectivity index (χ1v) is 10.9. The number of amides is 1. The van der Waals surface area contributed by atoms with Gasteiger partial charge in [0.25, 0.3) is 5.91 Å². The van der Waals surface area contributed by atoms with Crippen LogP contribution in [0.1, 0.15) is 33.5 Å². The maximum atomic E-state index is 13.6. The molecule has 2 aromatic heterocycles. The zero-order chi connectivity index (χ0) is 20.8. The highest BCUT2D eigenvalue weighted by molar-refractivity contribution is 7.10. The van der Waals surface area contributed by atoms with Gasteiger partial charge in [-0.1, -0.05) is 36.4 Å². The number of carbonyl (C=O) groups excluding carboxylic acids is 1. The van der Waals surface area contributed by atoms with Crippen LogP contribution >= 0.6 is 11.3 Å². The molecular formula is C24H22N2O3S. The molecule has 0 N–H and O–H groups in total. The molecule has 0 saturated heterocycles. The summed E-state index contributed by atoms with van der Waals surface area (Å²) in [5, 5.41) is 4.33. The molecule has 1 amide bonds. The van der Waals surface area contributed by atoms with Gasteiger partial charge in [0.2, 0.25) is 5.76 Å². The van der Waals surface area contributed by atoms with Crippen molar-refractivity contribution in [1.29, 1.82) is 0 Å². The zero-order valence-electron chi connectivity index (χ0n) is 16.9. The molecule has 0 saturated carbocycles. The number of thiophene rings is 1. The Labute approximate surface area is 178 Å². The van der Waals surface area contributed by atoms with E-state index < -0.39 is 0 Å². The smallest absolute Gasteiger partial charge is 0.290 e. The first-order chi connectivity index (χ1) is 14.6. The summed E-state index contributed by atoms with van der Waals surface area (Å²) in [5.41, 5.74) is 0.846. The Bertz CT molecular complexity index is 1310. The van der Waals surface area contributed by atoms with Gasteiger partial charge in [-0.25, -0.2) is 0 Å². The fraction of sp³-hybridized carbons (Fsp3) is 0.250. The minimum absolute atomic E-state index is 0.112. The standard InChI is InChI=1S/C24H22N2O3S/c1-25(2)12-6-13-26-20(18-9-5-14-30-18)19-21(27)17-11-10-15-7-3-4-8-16(15)22(17)29-23(19)24(26)28/h3-5,7-11,14,20H,6,12-13H2,1-2H3/t20-/m1/s1. The number of hydrogen-bond acceptors (Lipinski definition) is 5. The van der Waals surface area contributed by atoms with Crippen LogP contribution in [-0.4, -0.2) is 42.9 Å². The average Bonchev–Trinajstić information content (AvgIpc) is 3.35. The molecule has 30 heavy (non-hydrogen) atoms. The fourth-order valence-electron chi connectivity index (χ4n) is 4.28. The third-order valence-corrected chi connectivity index (χ3v) is 6.60. The Morgan fingerprint density at radius 3 is 2.63 bits per heavy atom. The van der Waals surface area contributed by atoms with Gasteiger partial charge in [-0.05, 0) is 50.0 Å². The Hall–Kier alpha value is -2.96. The van der Waals surface area contributed by atoms with E-state index in [1.165, 1.54) is 0 Å². The van der Waals surface area contributed by atoms with Crippen molar-refractivity contribution in [2.45, 2.75) is 12.5 Å². The summed E-state index contributed by atoms with van der Waals surface area (Å²) in [5.74, 6) is -0.0128. The van der Waals surface area contributed by atoms with Crippen molar-refractivity contribution >= 4 is 39.0 Å². The maximum absolute atomic E-state index is 13.6. The Kier molecular flexibility index (Phi) is 4.68. The highest BCUT2D eigenvalue weighted by Crippen LogP contribution is 2.40. The molecule has 0 bridgehead atoms. The molecule has 4 aromatic rings. The predicted molar refractivity (Wildman–Crippen MR) is 120 cm³/mol. The largest absolute Gasteiger partial charge is 0.450 e. The van der Waals surface area contributed by atoms with E-state index in [1.54, 1.807) is 16.2 Å². The molecule has 6 heteroatoms. The van der Waals surface area contributed by atoms with Crippen LogP contribution in [0, 0.1) is 0 Å². The van der Waals surface area contributed by atoms with Crippen molar-refractivity contribution < 1.29 is 9.21 Å². The predicted octanol–water partition coefficient (Wildman–Crippen LogP) is 4.50. The molecular weight excluding hydrogens is 396 g/mol. The van der Waals surface area contributed by atoms with Crippen molar-refractivity contribution in [3.63, 3.8) is 0 Å². The van der Waals surface area contributed by atoms with Crippen LogP contribution in [0.2, 0.25) is 0 Å². The summed E-state index contributed by atoms with van der Waals surface area (Å²) < 4.78 is 6.20. The first-order valence-electron chi connectivity index (χ1n) is 10.0. The zero-order valence-corrected chi connectivity index (χ0v) is 17.7. The monoisotopic (exact) mass is 418 g/mol. The average molecular weight is 419 g/mol. The summed E-state index contributed by atoms with van der Waals surface area (Å²) in [4.78, 5) is 31.9. The molecule has 1 atom stereocenters. The van der Waals surface area contributed by atoms with Crippen molar-refractivity contribution in [1.82, 2.24) is 9.80 Å². The van der Waals surface area contributed by atoms with Gasteiger partial charge in [0.15, 0.2) is 5.43 Å². The van der Waals surface area contributed by atoms with Crippen LogP contribution in [0.4, 0.5) is 0 Å². The second-order valence-electron chi connectivity index (χ2n) is 7.91. The number of nitrogens with zero attached hydrogens (tertiary/aromatic N) is 2. The molecule has 0 aliphatic carbocycles. The Morgan fingerprint density at radius 2 is 1.87 bits per heavy atom. The number of fused-ring (bicyclic) bond motifs is 4. The van der Waals surface area contributed by atoms with Gasteiger partial charge in [0.05, 0.1) is 17.0 Å². The van der Waals surface area contributed by atoms with E-state index in [9.17, 15) is 9.59 Å². The second-order valence-corrected chi connectivity index (χ2v) is 8.89. The van der Waals surface area contributed by atoms with E-state index in [0.717, 1.165) is 28.6 Å². The second kappa shape index (κ2) is 7.38. The summed E-state index contributed by atoms with van der Waals surface area (Å²) in [6.07, 6.45) is 0.825. The van der Waals surface area contributed by atoms with Gasteiger partial charge in [-0.15, -0.1) is 11.3 Å². The number of benzene rings is 2. The van der Waals surface area contributed by atoms with Crippen molar-refractivity contribution in [2.24, 2.45) is 0 Å². The van der Waals surface area contributed by atoms with E-state index in [1.807, 2.05) is 68.0 Å². The van der Waals surface area contributed by atoms with Gasteiger partial charge in [-0.3, -0.25) is 9.59 Å². The van der Waals surface area contributed by atoms with Crippen LogP contribution in [0.5, 0.6) is 0 Å². The summed E-state index contributed by atoms with van der Waals surface area (Å²) >= 11 is 1.56. The molecule has 0 radical (unpaired) electrons. The quantitative estimate of drug-likeness (QED) is 0.448. The van der Waals surface area contributed by atoms with E-state index in [2.05, 4.69) is 4.90 Å². The fourth-order valence-corrected chi connectivity index (χ4v) is 5.12. The van der Waals surface area contributed by atoms with Crippen LogP contribution in [0.15, 0.2) is 63.1 Å². The van der Waals surface area contributed by atoms with Crippen LogP contribution in [0.25, 0.3) is 21.7 Å². The maximum Gasteiger partial charge on any atom is 0.290 e. The van der Waals surface area contributed by atoms with Gasteiger partial charge in [0, 0.05) is 16.8 Å². The Morgan fingerprint density at radius 1 is 1.03 bits per heavy atom. The van der Waals surface area contributed by atoms with E-state index in [0.29, 0.717) is 23.1 Å². The summed E-state index contributed by atoms with van der Waals surface area (Å²) in [7, 11) is 4.03. The SMILES string of the molecule is CN(C)CCCN1C(=O)c2oc3c(ccc4ccccc43)c(=O)c2[C@H]1c1cccs1. The lowest BCUT2D eigenvalue weighted by atomic mass is 10.0. The Balaban J connectivity index is 1.72. The third-order valence-electron chi connectivity index (χ3n) is 5.67. The van der Waals surface area contributed by atoms with Gasteiger partial charge >= 0.3 is 0 Å². The molecule has 3 heterocycles. The van der Waals surface area contributed by atoms with Crippen molar-refractivity contribution in [2.75, 3.05) is 27.2 Å². The van der Waals surface area contributed by atoms with Crippen LogP contribution in [0.3, 0.4) is 0 Å². The molecule has 152 valence electrons. The molecule has 5 nitrogen and oxygen atoms in total. The summed E-state index contributed by atoms with van der Waals surface area (Å²) in [6.45, 7) is 1.44. The van der Waals surface area contributed by atoms with Gasteiger partial charge < -0.3 is 14.2 Å². The highest BCUT2D eigenvalue weighted by Gasteiger charge is 2.43. The molecule has 5 rings (SSSR count). The highest BCUT2D eigenvalue weighted by atomic mass is 32.1. The van der Waals surface area contributed by atoms with Crippen LogP contribution in [-0.2, 0) is 0 Å². The number of hydrogen-bond donors (Lipinski definition) is 0.